The second-order valence-electron chi connectivity index (χ2n) is 5.28. The Bertz CT molecular complexity index is 451. The smallest absolute Gasteiger partial charge is 0.252 e. The predicted molar refractivity (Wildman–Crippen MR) is 77.7 cm³/mol. The lowest BCUT2D eigenvalue weighted by Gasteiger charge is -2.26. The van der Waals surface area contributed by atoms with E-state index in [2.05, 4.69) is 27.1 Å². The molecule has 1 aromatic rings. The van der Waals surface area contributed by atoms with Gasteiger partial charge < -0.3 is 15.2 Å². The number of rotatable bonds is 6. The SMILES string of the molecule is CCCCN(CC1CCCN1)c1cc(=O)[nH]c(C)n1. The maximum absolute atomic E-state index is 11.6. The van der Waals surface area contributed by atoms with Crippen LogP contribution in [0, 0.1) is 6.92 Å². The van der Waals surface area contributed by atoms with Gasteiger partial charge in [-0.3, -0.25) is 4.79 Å². The highest BCUT2D eigenvalue weighted by atomic mass is 16.1. The van der Waals surface area contributed by atoms with Crippen LogP contribution in [0.4, 0.5) is 5.82 Å². The van der Waals surface area contributed by atoms with Crippen LogP contribution in [0.25, 0.3) is 0 Å². The molecule has 1 unspecified atom stereocenters. The minimum Gasteiger partial charge on any atom is -0.355 e. The van der Waals surface area contributed by atoms with E-state index < -0.39 is 0 Å². The van der Waals surface area contributed by atoms with E-state index in [0.29, 0.717) is 11.9 Å². The van der Waals surface area contributed by atoms with Crippen molar-refractivity contribution >= 4 is 5.82 Å². The quantitative estimate of drug-likeness (QED) is 0.816. The molecule has 1 fully saturated rings. The summed E-state index contributed by atoms with van der Waals surface area (Å²) in [6.07, 6.45) is 4.73. The molecule has 0 spiro atoms. The molecule has 1 aromatic heterocycles. The molecule has 19 heavy (non-hydrogen) atoms. The van der Waals surface area contributed by atoms with E-state index in [1.807, 2.05) is 6.92 Å². The Hall–Kier alpha value is -1.36. The predicted octanol–water partition coefficient (Wildman–Crippen LogP) is 1.44. The number of aryl methyl sites for hydroxylation is 1. The molecule has 2 heterocycles. The van der Waals surface area contributed by atoms with Gasteiger partial charge in [-0.1, -0.05) is 13.3 Å². The number of hydrogen-bond acceptors (Lipinski definition) is 4. The van der Waals surface area contributed by atoms with Gasteiger partial charge in [-0.05, 0) is 32.7 Å². The normalized spacial score (nSPS) is 18.7. The van der Waals surface area contributed by atoms with Gasteiger partial charge in [0.25, 0.3) is 5.56 Å². The number of aromatic amines is 1. The molecule has 0 bridgehead atoms. The van der Waals surface area contributed by atoms with Crippen molar-refractivity contribution in [3.63, 3.8) is 0 Å². The summed E-state index contributed by atoms with van der Waals surface area (Å²) in [5.41, 5.74) is -0.0663. The molecule has 5 heteroatoms. The van der Waals surface area contributed by atoms with Crippen LogP contribution in [0.5, 0.6) is 0 Å². The topological polar surface area (TPSA) is 61.0 Å². The van der Waals surface area contributed by atoms with Gasteiger partial charge in [-0.15, -0.1) is 0 Å². The number of unbranched alkanes of at least 4 members (excludes halogenated alkanes) is 1. The number of nitrogens with zero attached hydrogens (tertiary/aromatic N) is 2. The van der Waals surface area contributed by atoms with Gasteiger partial charge in [0.05, 0.1) is 0 Å². The number of nitrogens with one attached hydrogen (secondary N) is 2. The second kappa shape index (κ2) is 6.70. The van der Waals surface area contributed by atoms with Crippen LogP contribution in [0.15, 0.2) is 10.9 Å². The van der Waals surface area contributed by atoms with E-state index in [9.17, 15) is 4.79 Å². The minimum absolute atomic E-state index is 0.0663. The van der Waals surface area contributed by atoms with Crippen LogP contribution >= 0.6 is 0 Å². The molecule has 1 saturated heterocycles. The summed E-state index contributed by atoms with van der Waals surface area (Å²) >= 11 is 0. The molecule has 2 rings (SSSR count). The summed E-state index contributed by atoms with van der Waals surface area (Å²) in [7, 11) is 0. The third kappa shape index (κ3) is 4.06. The van der Waals surface area contributed by atoms with Crippen molar-refractivity contribution in [3.8, 4) is 0 Å². The molecule has 1 aliphatic heterocycles. The lowest BCUT2D eigenvalue weighted by atomic mass is 10.2. The van der Waals surface area contributed by atoms with E-state index in [-0.39, 0.29) is 5.56 Å². The van der Waals surface area contributed by atoms with Crippen molar-refractivity contribution in [3.05, 3.63) is 22.2 Å². The van der Waals surface area contributed by atoms with E-state index in [0.717, 1.165) is 38.3 Å². The average Bonchev–Trinajstić information content (AvgIpc) is 2.86. The van der Waals surface area contributed by atoms with E-state index in [4.69, 9.17) is 0 Å². The summed E-state index contributed by atoms with van der Waals surface area (Å²) in [5.74, 6) is 1.49. The molecule has 1 aliphatic rings. The number of hydrogen-bond donors (Lipinski definition) is 2. The lowest BCUT2D eigenvalue weighted by Crippen LogP contribution is -2.39. The third-order valence-electron chi connectivity index (χ3n) is 3.56. The average molecular weight is 264 g/mol. The van der Waals surface area contributed by atoms with Crippen LogP contribution in [-0.2, 0) is 0 Å². The van der Waals surface area contributed by atoms with Crippen molar-refractivity contribution in [1.29, 1.82) is 0 Å². The van der Waals surface area contributed by atoms with Gasteiger partial charge in [0.15, 0.2) is 0 Å². The second-order valence-corrected chi connectivity index (χ2v) is 5.28. The molecule has 0 radical (unpaired) electrons. The van der Waals surface area contributed by atoms with Gasteiger partial charge in [-0.25, -0.2) is 4.98 Å². The molecule has 106 valence electrons. The third-order valence-corrected chi connectivity index (χ3v) is 3.56. The largest absolute Gasteiger partial charge is 0.355 e. The zero-order chi connectivity index (χ0) is 13.7. The molecule has 5 nitrogen and oxygen atoms in total. The van der Waals surface area contributed by atoms with Crippen LogP contribution in [0.2, 0.25) is 0 Å². The van der Waals surface area contributed by atoms with E-state index in [1.165, 1.54) is 12.8 Å². The number of aromatic nitrogens is 2. The van der Waals surface area contributed by atoms with Gasteiger partial charge in [0, 0.05) is 25.2 Å². The Balaban J connectivity index is 2.12. The molecule has 0 aromatic carbocycles. The van der Waals surface area contributed by atoms with Crippen molar-refractivity contribution < 1.29 is 0 Å². The molecule has 1 atom stereocenters. The molecular weight excluding hydrogens is 240 g/mol. The van der Waals surface area contributed by atoms with Crippen LogP contribution in [0.1, 0.15) is 38.4 Å². The standard InChI is InChI=1S/C14H24N4O/c1-3-4-8-18(10-12-6-5-7-15-12)13-9-14(19)17-11(2)16-13/h9,12,15H,3-8,10H2,1-2H3,(H,16,17,19). The maximum Gasteiger partial charge on any atom is 0.252 e. The summed E-state index contributed by atoms with van der Waals surface area (Å²) < 4.78 is 0. The van der Waals surface area contributed by atoms with E-state index >= 15 is 0 Å². The molecule has 2 N–H and O–H groups in total. The van der Waals surface area contributed by atoms with Gasteiger partial charge in [0.2, 0.25) is 0 Å². The fourth-order valence-electron chi connectivity index (χ4n) is 2.55. The fourth-order valence-corrected chi connectivity index (χ4v) is 2.55. The highest BCUT2D eigenvalue weighted by molar-refractivity contribution is 5.37. The zero-order valence-electron chi connectivity index (χ0n) is 11.9. The zero-order valence-corrected chi connectivity index (χ0v) is 11.9. The molecular formula is C14H24N4O. The van der Waals surface area contributed by atoms with Crippen LogP contribution in [-0.4, -0.2) is 35.6 Å². The fraction of sp³-hybridized carbons (Fsp3) is 0.714. The lowest BCUT2D eigenvalue weighted by molar-refractivity contribution is 0.568. The molecule has 0 saturated carbocycles. The Morgan fingerprint density at radius 1 is 1.53 bits per heavy atom. The molecule has 0 aliphatic carbocycles. The Labute approximate surface area is 114 Å². The first-order chi connectivity index (χ1) is 9.19. The molecule has 0 amide bonds. The number of anilines is 1. The Morgan fingerprint density at radius 3 is 3.00 bits per heavy atom. The number of H-pyrrole nitrogens is 1. The summed E-state index contributed by atoms with van der Waals surface area (Å²) in [4.78, 5) is 21.0. The summed E-state index contributed by atoms with van der Waals surface area (Å²) in [6, 6.07) is 2.13. The van der Waals surface area contributed by atoms with E-state index in [1.54, 1.807) is 6.07 Å². The highest BCUT2D eigenvalue weighted by Gasteiger charge is 2.19. The van der Waals surface area contributed by atoms with Crippen LogP contribution in [0.3, 0.4) is 0 Å². The van der Waals surface area contributed by atoms with Crippen LogP contribution < -0.4 is 15.8 Å². The summed E-state index contributed by atoms with van der Waals surface area (Å²) in [6.45, 7) is 7.02. The first-order valence-electron chi connectivity index (χ1n) is 7.25. The van der Waals surface area contributed by atoms with Gasteiger partial charge in [-0.2, -0.15) is 0 Å². The first-order valence-corrected chi connectivity index (χ1v) is 7.25. The first kappa shape index (κ1) is 14.1. The summed E-state index contributed by atoms with van der Waals surface area (Å²) in [5, 5.41) is 3.51. The van der Waals surface area contributed by atoms with Crippen molar-refractivity contribution in [2.45, 2.75) is 45.6 Å². The monoisotopic (exact) mass is 264 g/mol. The minimum atomic E-state index is -0.0663. The van der Waals surface area contributed by atoms with Crippen molar-refractivity contribution in [2.75, 3.05) is 24.5 Å². The van der Waals surface area contributed by atoms with Gasteiger partial charge in [0.1, 0.15) is 11.6 Å². The van der Waals surface area contributed by atoms with Gasteiger partial charge >= 0.3 is 0 Å². The van der Waals surface area contributed by atoms with Crippen molar-refractivity contribution in [1.82, 2.24) is 15.3 Å². The van der Waals surface area contributed by atoms with Crippen molar-refractivity contribution in [2.24, 2.45) is 0 Å². The maximum atomic E-state index is 11.6. The Morgan fingerprint density at radius 2 is 2.37 bits per heavy atom. The Kier molecular flexibility index (Phi) is 4.96. The highest BCUT2D eigenvalue weighted by Crippen LogP contribution is 2.14.